The quantitative estimate of drug-likeness (QED) is 0.826. The normalized spacial score (nSPS) is 10.4. The lowest BCUT2D eigenvalue weighted by Crippen LogP contribution is -2.13. The molecule has 0 spiro atoms. The minimum absolute atomic E-state index is 0.265. The molecule has 0 aliphatic heterocycles. The van der Waals surface area contributed by atoms with E-state index in [0.717, 1.165) is 16.8 Å². The Morgan fingerprint density at radius 1 is 1.14 bits per heavy atom. The number of aryl methyl sites for hydroxylation is 2. The van der Waals surface area contributed by atoms with Crippen LogP contribution in [0.1, 0.15) is 28.4 Å². The largest absolute Gasteiger partial charge is 0.491 e. The van der Waals surface area contributed by atoms with E-state index in [1.54, 1.807) is 12.1 Å². The average molecular weight is 338 g/mol. The zero-order valence-corrected chi connectivity index (χ0v) is 14.2. The van der Waals surface area contributed by atoms with Gasteiger partial charge in [-0.05, 0) is 44.5 Å². The number of rotatable bonds is 4. The van der Waals surface area contributed by atoms with Gasteiger partial charge in [-0.3, -0.25) is 4.79 Å². The van der Waals surface area contributed by atoms with Gasteiger partial charge in [-0.15, -0.1) is 0 Å². The number of hydrogen-bond donors (Lipinski definition) is 1. The maximum atomic E-state index is 12.4. The van der Waals surface area contributed by atoms with Gasteiger partial charge in [0.2, 0.25) is 0 Å². The highest BCUT2D eigenvalue weighted by molar-refractivity contribution is 6.37. The lowest BCUT2D eigenvalue weighted by atomic mass is 10.1. The molecule has 0 saturated carbocycles. The van der Waals surface area contributed by atoms with Gasteiger partial charge in [0, 0.05) is 11.3 Å². The summed E-state index contributed by atoms with van der Waals surface area (Å²) in [5, 5.41) is 3.50. The Bertz CT molecular complexity index is 691. The number of carbonyl (C=O) groups excluding carboxylic acids is 1. The predicted octanol–water partition coefficient (Wildman–Crippen LogP) is 5.26. The highest BCUT2D eigenvalue weighted by atomic mass is 35.5. The van der Waals surface area contributed by atoms with Gasteiger partial charge < -0.3 is 10.1 Å². The predicted molar refractivity (Wildman–Crippen MR) is 91.5 cm³/mol. The van der Waals surface area contributed by atoms with Crippen molar-refractivity contribution in [1.82, 2.24) is 0 Å². The Morgan fingerprint density at radius 2 is 1.77 bits per heavy atom. The van der Waals surface area contributed by atoms with E-state index in [4.69, 9.17) is 27.9 Å². The Balaban J connectivity index is 2.26. The highest BCUT2D eigenvalue weighted by Crippen LogP contribution is 2.34. The van der Waals surface area contributed by atoms with Crippen LogP contribution in [0, 0.1) is 13.8 Å². The lowest BCUT2D eigenvalue weighted by Gasteiger charge is -2.12. The van der Waals surface area contributed by atoms with Gasteiger partial charge in [0.25, 0.3) is 5.91 Å². The summed E-state index contributed by atoms with van der Waals surface area (Å²) in [6.07, 6.45) is 0. The van der Waals surface area contributed by atoms with Crippen LogP contribution in [0.4, 0.5) is 5.69 Å². The molecule has 5 heteroatoms. The summed E-state index contributed by atoms with van der Waals surface area (Å²) in [6.45, 7) is 6.24. The fraction of sp³-hybridized carbons (Fsp3) is 0.235. The lowest BCUT2D eigenvalue weighted by molar-refractivity contribution is 0.102. The van der Waals surface area contributed by atoms with Gasteiger partial charge >= 0.3 is 0 Å². The highest BCUT2D eigenvalue weighted by Gasteiger charge is 2.14. The molecule has 0 saturated heterocycles. The smallest absolute Gasteiger partial charge is 0.255 e. The van der Waals surface area contributed by atoms with Gasteiger partial charge in [-0.25, -0.2) is 0 Å². The van der Waals surface area contributed by atoms with Crippen LogP contribution in [0.2, 0.25) is 10.0 Å². The SMILES string of the molecule is CCOc1c(Cl)cc(C(=O)Nc2ccc(C)cc2C)cc1Cl. The van der Waals surface area contributed by atoms with Crippen LogP contribution in [0.15, 0.2) is 30.3 Å². The van der Waals surface area contributed by atoms with Crippen molar-refractivity contribution in [3.05, 3.63) is 57.1 Å². The summed E-state index contributed by atoms with van der Waals surface area (Å²) in [4.78, 5) is 12.4. The van der Waals surface area contributed by atoms with Crippen molar-refractivity contribution in [3.8, 4) is 5.75 Å². The molecule has 1 N–H and O–H groups in total. The second-order valence-corrected chi connectivity index (χ2v) is 5.79. The minimum atomic E-state index is -0.265. The molecule has 3 nitrogen and oxygen atoms in total. The number of ether oxygens (including phenoxy) is 1. The summed E-state index contributed by atoms with van der Waals surface area (Å²) >= 11 is 12.2. The summed E-state index contributed by atoms with van der Waals surface area (Å²) in [5.74, 6) is 0.132. The third-order valence-corrected chi connectivity index (χ3v) is 3.74. The van der Waals surface area contributed by atoms with E-state index in [9.17, 15) is 4.79 Å². The molecule has 1 amide bonds. The van der Waals surface area contributed by atoms with Crippen LogP contribution < -0.4 is 10.1 Å². The summed E-state index contributed by atoms with van der Waals surface area (Å²) in [5.41, 5.74) is 3.29. The molecular formula is C17H17Cl2NO2. The van der Waals surface area contributed by atoms with E-state index in [-0.39, 0.29) is 5.91 Å². The van der Waals surface area contributed by atoms with E-state index in [2.05, 4.69) is 5.32 Å². The van der Waals surface area contributed by atoms with Crippen LogP contribution >= 0.6 is 23.2 Å². The van der Waals surface area contributed by atoms with Crippen molar-refractivity contribution in [2.75, 3.05) is 11.9 Å². The molecule has 0 bridgehead atoms. The van der Waals surface area contributed by atoms with Gasteiger partial charge in [0.15, 0.2) is 5.75 Å². The van der Waals surface area contributed by atoms with Gasteiger partial charge in [-0.1, -0.05) is 40.9 Å². The molecular weight excluding hydrogens is 321 g/mol. The number of hydrogen-bond acceptors (Lipinski definition) is 2. The average Bonchev–Trinajstić information content (AvgIpc) is 2.45. The third kappa shape index (κ3) is 3.73. The molecule has 2 aromatic carbocycles. The van der Waals surface area contributed by atoms with Crippen molar-refractivity contribution in [1.29, 1.82) is 0 Å². The van der Waals surface area contributed by atoms with Crippen molar-refractivity contribution in [2.45, 2.75) is 20.8 Å². The standard InChI is InChI=1S/C17H17Cl2NO2/c1-4-22-16-13(18)8-12(9-14(16)19)17(21)20-15-6-5-10(2)7-11(15)3/h5-9H,4H2,1-3H3,(H,20,21). The first-order chi connectivity index (χ1) is 10.4. The second-order valence-electron chi connectivity index (χ2n) is 4.97. The Kier molecular flexibility index (Phi) is 5.33. The molecule has 116 valence electrons. The second kappa shape index (κ2) is 7.03. The first kappa shape index (κ1) is 16.7. The summed E-state index contributed by atoms with van der Waals surface area (Å²) < 4.78 is 5.36. The number of benzene rings is 2. The van der Waals surface area contributed by atoms with Crippen LogP contribution in [0.3, 0.4) is 0 Å². The number of carbonyl (C=O) groups is 1. The van der Waals surface area contributed by atoms with E-state index < -0.39 is 0 Å². The van der Waals surface area contributed by atoms with Crippen molar-refractivity contribution in [2.24, 2.45) is 0 Å². The minimum Gasteiger partial charge on any atom is -0.491 e. The van der Waals surface area contributed by atoms with Crippen LogP contribution in [0.5, 0.6) is 5.75 Å². The molecule has 0 aromatic heterocycles. The van der Waals surface area contributed by atoms with Crippen molar-refractivity contribution >= 4 is 34.8 Å². The molecule has 2 rings (SSSR count). The third-order valence-electron chi connectivity index (χ3n) is 3.18. The molecule has 0 heterocycles. The van der Waals surface area contributed by atoms with Crippen LogP contribution in [-0.4, -0.2) is 12.5 Å². The molecule has 0 radical (unpaired) electrons. The topological polar surface area (TPSA) is 38.3 Å². The maximum Gasteiger partial charge on any atom is 0.255 e. The molecule has 22 heavy (non-hydrogen) atoms. The first-order valence-corrected chi connectivity index (χ1v) is 7.68. The van der Waals surface area contributed by atoms with Gasteiger partial charge in [0.1, 0.15) is 0 Å². The molecule has 0 unspecified atom stereocenters. The zero-order chi connectivity index (χ0) is 16.3. The molecule has 0 aliphatic carbocycles. The van der Waals surface area contributed by atoms with E-state index >= 15 is 0 Å². The van der Waals surface area contributed by atoms with Crippen LogP contribution in [0.25, 0.3) is 0 Å². The van der Waals surface area contributed by atoms with E-state index in [0.29, 0.717) is 28.0 Å². The number of anilines is 1. The fourth-order valence-corrected chi connectivity index (χ4v) is 2.72. The van der Waals surface area contributed by atoms with Gasteiger partial charge in [0.05, 0.1) is 16.7 Å². The number of nitrogens with one attached hydrogen (secondary N) is 1. The summed E-state index contributed by atoms with van der Waals surface area (Å²) in [6, 6.07) is 8.93. The first-order valence-electron chi connectivity index (χ1n) is 6.92. The molecule has 2 aromatic rings. The van der Waals surface area contributed by atoms with Crippen LogP contribution in [-0.2, 0) is 0 Å². The Morgan fingerprint density at radius 3 is 2.32 bits per heavy atom. The van der Waals surface area contributed by atoms with E-state index in [1.807, 2.05) is 39.0 Å². The number of amides is 1. The Labute approximate surface area is 140 Å². The van der Waals surface area contributed by atoms with E-state index in [1.165, 1.54) is 0 Å². The maximum absolute atomic E-state index is 12.4. The molecule has 0 fully saturated rings. The molecule has 0 atom stereocenters. The number of halogens is 2. The monoisotopic (exact) mass is 337 g/mol. The fourth-order valence-electron chi connectivity index (χ4n) is 2.12. The Hall–Kier alpha value is -1.71. The molecule has 0 aliphatic rings. The zero-order valence-electron chi connectivity index (χ0n) is 12.7. The van der Waals surface area contributed by atoms with Crippen molar-refractivity contribution in [3.63, 3.8) is 0 Å². The summed E-state index contributed by atoms with van der Waals surface area (Å²) in [7, 11) is 0. The van der Waals surface area contributed by atoms with Gasteiger partial charge in [-0.2, -0.15) is 0 Å². The van der Waals surface area contributed by atoms with Crippen molar-refractivity contribution < 1.29 is 9.53 Å².